The fourth-order valence-electron chi connectivity index (χ4n) is 3.23. The minimum Gasteiger partial charge on any atom is -0.387 e. The Balaban J connectivity index is 1.42. The van der Waals surface area contributed by atoms with Crippen molar-refractivity contribution in [2.24, 2.45) is 0 Å². The molecule has 0 aliphatic carbocycles. The molecule has 0 spiro atoms. The molecule has 2 aliphatic rings. The second kappa shape index (κ2) is 7.63. The zero-order chi connectivity index (χ0) is 16.9. The SMILES string of the molecule is O=C1CN(CCCNC(=O)N2Cc3ccccc3C(O)C2)CCN1. The van der Waals surface area contributed by atoms with E-state index in [4.69, 9.17) is 0 Å². The lowest BCUT2D eigenvalue weighted by molar-refractivity contribution is -0.124. The molecule has 3 amide bonds. The van der Waals surface area contributed by atoms with Crippen molar-refractivity contribution < 1.29 is 14.7 Å². The Morgan fingerprint density at radius 3 is 3.00 bits per heavy atom. The number of carbonyl (C=O) groups excluding carboxylic acids is 2. The third kappa shape index (κ3) is 4.04. The number of hydrogen-bond acceptors (Lipinski definition) is 4. The number of β-amino-alcohol motifs (C(OH)–C–C–N with tert-alkyl or cyclic N) is 1. The van der Waals surface area contributed by atoms with Gasteiger partial charge in [0.25, 0.3) is 0 Å². The van der Waals surface area contributed by atoms with E-state index >= 15 is 0 Å². The summed E-state index contributed by atoms with van der Waals surface area (Å²) in [5.74, 6) is 0.0613. The number of aliphatic hydroxyl groups is 1. The van der Waals surface area contributed by atoms with Crippen molar-refractivity contribution in [1.82, 2.24) is 20.4 Å². The molecular formula is C17H24N4O3. The maximum Gasteiger partial charge on any atom is 0.317 e. The molecule has 1 atom stereocenters. The molecule has 7 nitrogen and oxygen atoms in total. The average Bonchev–Trinajstić information content (AvgIpc) is 2.58. The summed E-state index contributed by atoms with van der Waals surface area (Å²) in [6, 6.07) is 7.52. The summed E-state index contributed by atoms with van der Waals surface area (Å²) in [7, 11) is 0. The Morgan fingerprint density at radius 2 is 2.17 bits per heavy atom. The number of carbonyl (C=O) groups is 2. The number of hydrogen-bond donors (Lipinski definition) is 3. The first kappa shape index (κ1) is 16.7. The monoisotopic (exact) mass is 332 g/mol. The number of piperazine rings is 1. The summed E-state index contributed by atoms with van der Waals surface area (Å²) in [5, 5.41) is 15.9. The molecule has 2 heterocycles. The van der Waals surface area contributed by atoms with Crippen LogP contribution < -0.4 is 10.6 Å². The smallest absolute Gasteiger partial charge is 0.317 e. The van der Waals surface area contributed by atoms with Gasteiger partial charge >= 0.3 is 6.03 Å². The van der Waals surface area contributed by atoms with Crippen molar-refractivity contribution >= 4 is 11.9 Å². The molecule has 130 valence electrons. The molecule has 1 aromatic carbocycles. The first-order valence-corrected chi connectivity index (χ1v) is 8.41. The van der Waals surface area contributed by atoms with Crippen molar-refractivity contribution in [3.63, 3.8) is 0 Å². The summed E-state index contributed by atoms with van der Waals surface area (Å²) in [6.07, 6.45) is 0.166. The molecular weight excluding hydrogens is 308 g/mol. The maximum absolute atomic E-state index is 12.3. The van der Waals surface area contributed by atoms with Gasteiger partial charge < -0.3 is 20.6 Å². The molecule has 24 heavy (non-hydrogen) atoms. The van der Waals surface area contributed by atoms with Gasteiger partial charge in [-0.15, -0.1) is 0 Å². The van der Waals surface area contributed by atoms with Gasteiger partial charge in [-0.2, -0.15) is 0 Å². The molecule has 1 fully saturated rings. The summed E-state index contributed by atoms with van der Waals surface area (Å²) < 4.78 is 0. The highest BCUT2D eigenvalue weighted by Crippen LogP contribution is 2.25. The van der Waals surface area contributed by atoms with Crippen LogP contribution in [0.5, 0.6) is 0 Å². The fourth-order valence-corrected chi connectivity index (χ4v) is 3.23. The zero-order valence-electron chi connectivity index (χ0n) is 13.7. The number of nitrogens with zero attached hydrogens (tertiary/aromatic N) is 2. The maximum atomic E-state index is 12.3. The highest BCUT2D eigenvalue weighted by molar-refractivity contribution is 5.78. The second-order valence-corrected chi connectivity index (χ2v) is 6.31. The number of aliphatic hydroxyl groups excluding tert-OH is 1. The molecule has 1 unspecified atom stereocenters. The van der Waals surface area contributed by atoms with E-state index < -0.39 is 6.10 Å². The van der Waals surface area contributed by atoms with Crippen molar-refractivity contribution in [2.75, 3.05) is 39.3 Å². The van der Waals surface area contributed by atoms with Crippen LogP contribution in [0.1, 0.15) is 23.7 Å². The summed E-state index contributed by atoms with van der Waals surface area (Å²) in [6.45, 7) is 4.17. The van der Waals surface area contributed by atoms with Gasteiger partial charge in [0.1, 0.15) is 0 Å². The Kier molecular flexibility index (Phi) is 5.32. The third-order valence-corrected chi connectivity index (χ3v) is 4.50. The molecule has 3 rings (SSSR count). The largest absolute Gasteiger partial charge is 0.387 e. The first-order chi connectivity index (χ1) is 11.6. The molecule has 1 aromatic rings. The number of rotatable bonds is 4. The topological polar surface area (TPSA) is 84.9 Å². The quantitative estimate of drug-likeness (QED) is 0.681. The van der Waals surface area contributed by atoms with E-state index in [1.807, 2.05) is 24.3 Å². The number of urea groups is 1. The number of amides is 3. The van der Waals surface area contributed by atoms with Crippen LogP contribution in [0.4, 0.5) is 4.79 Å². The molecule has 0 radical (unpaired) electrons. The summed E-state index contributed by atoms with van der Waals surface area (Å²) in [5.41, 5.74) is 1.90. The summed E-state index contributed by atoms with van der Waals surface area (Å²) in [4.78, 5) is 27.3. The minimum atomic E-state index is -0.632. The standard InChI is InChI=1S/C17H24N4O3/c22-15-11-21(10-13-4-1-2-5-14(13)15)17(24)19-6-3-8-20-9-7-18-16(23)12-20/h1-2,4-5,15,22H,3,6-12H2,(H,18,23)(H,19,24). The van der Waals surface area contributed by atoms with Gasteiger partial charge in [0.05, 0.1) is 19.2 Å². The number of nitrogens with one attached hydrogen (secondary N) is 2. The molecule has 7 heteroatoms. The molecule has 3 N–H and O–H groups in total. The number of fused-ring (bicyclic) bond motifs is 1. The van der Waals surface area contributed by atoms with E-state index in [0.717, 1.165) is 30.6 Å². The summed E-state index contributed by atoms with van der Waals surface area (Å²) >= 11 is 0. The lowest BCUT2D eigenvalue weighted by Gasteiger charge is -2.32. The van der Waals surface area contributed by atoms with Gasteiger partial charge in [-0.25, -0.2) is 4.79 Å². The van der Waals surface area contributed by atoms with Crippen molar-refractivity contribution in [3.05, 3.63) is 35.4 Å². The van der Waals surface area contributed by atoms with Crippen LogP contribution in [0.25, 0.3) is 0 Å². The lowest BCUT2D eigenvalue weighted by atomic mass is 9.98. The highest BCUT2D eigenvalue weighted by atomic mass is 16.3. The Labute approximate surface area is 141 Å². The van der Waals surface area contributed by atoms with Crippen LogP contribution in [-0.4, -0.2) is 66.1 Å². The van der Waals surface area contributed by atoms with E-state index in [0.29, 0.717) is 32.7 Å². The van der Waals surface area contributed by atoms with E-state index in [9.17, 15) is 14.7 Å². The van der Waals surface area contributed by atoms with Gasteiger partial charge in [0.15, 0.2) is 0 Å². The van der Waals surface area contributed by atoms with Gasteiger partial charge in [0, 0.05) is 32.7 Å². The lowest BCUT2D eigenvalue weighted by Crippen LogP contribution is -2.48. The molecule has 0 saturated carbocycles. The van der Waals surface area contributed by atoms with E-state index in [1.54, 1.807) is 4.90 Å². The Morgan fingerprint density at radius 1 is 1.33 bits per heavy atom. The van der Waals surface area contributed by atoms with E-state index in [-0.39, 0.29) is 11.9 Å². The van der Waals surface area contributed by atoms with Crippen LogP contribution >= 0.6 is 0 Å². The normalized spacial score (nSPS) is 21.1. The van der Waals surface area contributed by atoms with Gasteiger partial charge in [0.2, 0.25) is 5.91 Å². The Bertz CT molecular complexity index is 607. The third-order valence-electron chi connectivity index (χ3n) is 4.50. The predicted octanol–water partition coefficient (Wildman–Crippen LogP) is 0.0671. The molecule has 2 aliphatic heterocycles. The average molecular weight is 332 g/mol. The van der Waals surface area contributed by atoms with Crippen molar-refractivity contribution in [3.8, 4) is 0 Å². The number of benzene rings is 1. The van der Waals surface area contributed by atoms with Crippen LogP contribution in [0.15, 0.2) is 24.3 Å². The van der Waals surface area contributed by atoms with Crippen molar-refractivity contribution in [2.45, 2.75) is 19.1 Å². The fraction of sp³-hybridized carbons (Fsp3) is 0.529. The van der Waals surface area contributed by atoms with Gasteiger partial charge in [-0.3, -0.25) is 9.69 Å². The highest BCUT2D eigenvalue weighted by Gasteiger charge is 2.26. The Hall–Kier alpha value is -2.12. The van der Waals surface area contributed by atoms with Crippen LogP contribution in [0.2, 0.25) is 0 Å². The molecule has 0 aromatic heterocycles. The van der Waals surface area contributed by atoms with E-state index in [1.165, 1.54) is 0 Å². The second-order valence-electron chi connectivity index (χ2n) is 6.31. The predicted molar refractivity (Wildman–Crippen MR) is 89.3 cm³/mol. The van der Waals surface area contributed by atoms with E-state index in [2.05, 4.69) is 15.5 Å². The minimum absolute atomic E-state index is 0.0613. The van der Waals surface area contributed by atoms with Crippen LogP contribution in [0.3, 0.4) is 0 Å². The molecule has 1 saturated heterocycles. The van der Waals surface area contributed by atoms with Crippen molar-refractivity contribution in [1.29, 1.82) is 0 Å². The van der Waals surface area contributed by atoms with Crippen LogP contribution in [-0.2, 0) is 11.3 Å². The zero-order valence-corrected chi connectivity index (χ0v) is 13.7. The first-order valence-electron chi connectivity index (χ1n) is 8.41. The molecule has 0 bridgehead atoms. The van der Waals surface area contributed by atoms with Crippen LogP contribution in [0, 0.1) is 0 Å². The van der Waals surface area contributed by atoms with Gasteiger partial charge in [-0.05, 0) is 17.5 Å². The van der Waals surface area contributed by atoms with Gasteiger partial charge in [-0.1, -0.05) is 24.3 Å².